The Balaban J connectivity index is 1.80. The van der Waals surface area contributed by atoms with Crippen LogP contribution in [-0.4, -0.2) is 80.0 Å². The van der Waals surface area contributed by atoms with Crippen molar-refractivity contribution in [2.45, 2.75) is 13.5 Å². The Morgan fingerprint density at radius 3 is 2.26 bits per heavy atom. The maximum absolute atomic E-state index is 12.0. The number of nitro groups is 1. The van der Waals surface area contributed by atoms with Crippen molar-refractivity contribution in [2.75, 3.05) is 64.3 Å². The molecule has 0 saturated carbocycles. The molecule has 1 fully saturated rings. The van der Waals surface area contributed by atoms with Crippen LogP contribution >= 0.6 is 0 Å². The number of piperazine rings is 1. The molecular weight excluding hydrogens is 448 g/mol. The van der Waals surface area contributed by atoms with Crippen molar-refractivity contribution < 1.29 is 28.7 Å². The molecule has 0 bridgehead atoms. The first-order valence-electron chi connectivity index (χ1n) is 10.6. The summed E-state index contributed by atoms with van der Waals surface area (Å²) in [7, 11) is 4.53. The minimum Gasteiger partial charge on any atom is -0.493 e. The lowest BCUT2D eigenvalue weighted by molar-refractivity contribution is -0.383. The topological polar surface area (TPSA) is 141 Å². The molecule has 0 unspecified atom stereocenters. The number of hydrogen-bond acceptors (Lipinski definition) is 11. The lowest BCUT2D eigenvalue weighted by Gasteiger charge is -2.34. The smallest absolute Gasteiger partial charge is 0.409 e. The molecule has 0 aliphatic carbocycles. The van der Waals surface area contributed by atoms with Gasteiger partial charge >= 0.3 is 11.8 Å². The van der Waals surface area contributed by atoms with E-state index in [1.807, 2.05) is 0 Å². The number of methoxy groups -OCH3 is 3. The van der Waals surface area contributed by atoms with Crippen LogP contribution in [0.25, 0.3) is 0 Å². The molecule has 1 saturated heterocycles. The predicted molar refractivity (Wildman–Crippen MR) is 123 cm³/mol. The van der Waals surface area contributed by atoms with E-state index >= 15 is 0 Å². The number of carbonyl (C=O) groups excluding carboxylic acids is 1. The molecule has 184 valence electrons. The van der Waals surface area contributed by atoms with Gasteiger partial charge in [-0.05, 0) is 24.6 Å². The van der Waals surface area contributed by atoms with E-state index in [1.54, 1.807) is 28.9 Å². The Morgan fingerprint density at radius 1 is 1.09 bits per heavy atom. The third kappa shape index (κ3) is 5.30. The van der Waals surface area contributed by atoms with Crippen molar-refractivity contribution in [3.63, 3.8) is 0 Å². The van der Waals surface area contributed by atoms with Crippen LogP contribution in [0.15, 0.2) is 18.5 Å². The fraction of sp³-hybridized carbons (Fsp3) is 0.476. The summed E-state index contributed by atoms with van der Waals surface area (Å²) >= 11 is 0. The van der Waals surface area contributed by atoms with Crippen molar-refractivity contribution in [3.8, 4) is 17.2 Å². The fourth-order valence-electron chi connectivity index (χ4n) is 3.64. The second-order valence-electron chi connectivity index (χ2n) is 7.21. The monoisotopic (exact) mass is 476 g/mol. The highest BCUT2D eigenvalue weighted by atomic mass is 16.6. The third-order valence-corrected chi connectivity index (χ3v) is 5.28. The van der Waals surface area contributed by atoms with E-state index in [2.05, 4.69) is 15.3 Å². The van der Waals surface area contributed by atoms with Gasteiger partial charge in [0.05, 0.1) is 32.9 Å². The van der Waals surface area contributed by atoms with Gasteiger partial charge in [0, 0.05) is 32.7 Å². The van der Waals surface area contributed by atoms with Gasteiger partial charge in [0.25, 0.3) is 0 Å². The SMILES string of the molecule is CCOC(=O)N1CCN(c2ncnc(NCc3cc(OC)c(OC)c(OC)c3)c2[N+](=O)[O-])CC1. The first kappa shape index (κ1) is 24.6. The zero-order chi connectivity index (χ0) is 24.7. The molecule has 1 amide bonds. The van der Waals surface area contributed by atoms with Crippen LogP contribution < -0.4 is 24.4 Å². The maximum Gasteiger partial charge on any atom is 0.409 e. The predicted octanol–water partition coefficient (Wildman–Crippen LogP) is 2.30. The van der Waals surface area contributed by atoms with Gasteiger partial charge in [0.2, 0.25) is 17.4 Å². The summed E-state index contributed by atoms with van der Waals surface area (Å²) < 4.78 is 21.1. The summed E-state index contributed by atoms with van der Waals surface area (Å²) in [5, 5.41) is 15.0. The average Bonchev–Trinajstić information content (AvgIpc) is 2.86. The first-order chi connectivity index (χ1) is 16.4. The highest BCUT2D eigenvalue weighted by Gasteiger charge is 2.30. The van der Waals surface area contributed by atoms with Gasteiger partial charge in [0.15, 0.2) is 11.5 Å². The molecule has 13 heteroatoms. The van der Waals surface area contributed by atoms with Crippen LogP contribution in [-0.2, 0) is 11.3 Å². The largest absolute Gasteiger partial charge is 0.493 e. The standard InChI is InChI=1S/C21H28N6O7/c1-5-34-21(28)26-8-6-25(7-9-26)20-17(27(29)30)19(23-13-24-20)22-12-14-10-15(31-2)18(33-4)16(11-14)32-3/h10-11,13H,5-9,12H2,1-4H3,(H,22,23,24). The molecule has 3 rings (SSSR count). The average molecular weight is 476 g/mol. The Kier molecular flexibility index (Phi) is 8.11. The Hall–Kier alpha value is -4.03. The highest BCUT2D eigenvalue weighted by Crippen LogP contribution is 2.39. The van der Waals surface area contributed by atoms with E-state index in [-0.39, 0.29) is 30.5 Å². The lowest BCUT2D eigenvalue weighted by atomic mass is 10.1. The van der Waals surface area contributed by atoms with Crippen molar-refractivity contribution >= 4 is 23.4 Å². The Labute approximate surface area is 196 Å². The normalized spacial score (nSPS) is 13.3. The zero-order valence-electron chi connectivity index (χ0n) is 19.6. The number of benzene rings is 1. The number of anilines is 2. The van der Waals surface area contributed by atoms with Crippen molar-refractivity contribution in [3.05, 3.63) is 34.1 Å². The molecule has 13 nitrogen and oxygen atoms in total. The minimum absolute atomic E-state index is 0.0802. The first-order valence-corrected chi connectivity index (χ1v) is 10.6. The van der Waals surface area contributed by atoms with E-state index in [0.29, 0.717) is 43.4 Å². The van der Waals surface area contributed by atoms with Crippen LogP contribution in [0, 0.1) is 10.1 Å². The summed E-state index contributed by atoms with van der Waals surface area (Å²) in [4.78, 5) is 35.0. The third-order valence-electron chi connectivity index (χ3n) is 5.28. The number of nitrogens with zero attached hydrogens (tertiary/aromatic N) is 5. The van der Waals surface area contributed by atoms with Crippen LogP contribution in [0.1, 0.15) is 12.5 Å². The van der Waals surface area contributed by atoms with E-state index in [0.717, 1.165) is 5.56 Å². The number of rotatable bonds is 9. The molecule has 1 aliphatic heterocycles. The second-order valence-corrected chi connectivity index (χ2v) is 7.21. The van der Waals surface area contributed by atoms with Gasteiger partial charge in [-0.2, -0.15) is 0 Å². The summed E-state index contributed by atoms with van der Waals surface area (Å²) in [5.74, 6) is 1.66. The Morgan fingerprint density at radius 2 is 1.74 bits per heavy atom. The zero-order valence-corrected chi connectivity index (χ0v) is 19.6. The number of amides is 1. The molecule has 1 aromatic heterocycles. The van der Waals surface area contributed by atoms with Gasteiger partial charge in [-0.15, -0.1) is 0 Å². The highest BCUT2D eigenvalue weighted by molar-refractivity contribution is 5.72. The molecule has 2 heterocycles. The second kappa shape index (κ2) is 11.2. The van der Waals surface area contributed by atoms with Crippen LogP contribution in [0.3, 0.4) is 0 Å². The summed E-state index contributed by atoms with van der Waals surface area (Å²) in [5.41, 5.74) is 0.506. The minimum atomic E-state index is -0.509. The van der Waals surface area contributed by atoms with E-state index in [4.69, 9.17) is 18.9 Å². The quantitative estimate of drug-likeness (QED) is 0.421. The van der Waals surface area contributed by atoms with Gasteiger partial charge < -0.3 is 34.1 Å². The molecule has 0 radical (unpaired) electrons. The number of hydrogen-bond donors (Lipinski definition) is 1. The van der Waals surface area contributed by atoms with Crippen molar-refractivity contribution in [1.82, 2.24) is 14.9 Å². The molecule has 1 N–H and O–H groups in total. The summed E-state index contributed by atoms with van der Waals surface area (Å²) in [6.07, 6.45) is 0.879. The van der Waals surface area contributed by atoms with Gasteiger partial charge in [-0.3, -0.25) is 10.1 Å². The Bertz CT molecular complexity index is 1000. The molecule has 0 spiro atoms. The van der Waals surface area contributed by atoms with E-state index < -0.39 is 11.0 Å². The van der Waals surface area contributed by atoms with Crippen molar-refractivity contribution in [1.29, 1.82) is 0 Å². The number of carbonyl (C=O) groups is 1. The fourth-order valence-corrected chi connectivity index (χ4v) is 3.64. The molecular formula is C21H28N6O7. The molecule has 2 aromatic rings. The van der Waals surface area contributed by atoms with Gasteiger partial charge in [-0.25, -0.2) is 14.8 Å². The number of aromatic nitrogens is 2. The van der Waals surface area contributed by atoms with Crippen LogP contribution in [0.4, 0.5) is 22.1 Å². The lowest BCUT2D eigenvalue weighted by Crippen LogP contribution is -2.49. The molecule has 34 heavy (non-hydrogen) atoms. The summed E-state index contributed by atoms with van der Waals surface area (Å²) in [6.45, 7) is 3.74. The number of ether oxygens (including phenoxy) is 4. The van der Waals surface area contributed by atoms with Crippen molar-refractivity contribution in [2.24, 2.45) is 0 Å². The summed E-state index contributed by atoms with van der Waals surface area (Å²) in [6, 6.07) is 3.49. The number of nitrogens with one attached hydrogen (secondary N) is 1. The molecule has 1 aromatic carbocycles. The van der Waals surface area contributed by atoms with Gasteiger partial charge in [0.1, 0.15) is 6.33 Å². The molecule has 1 aliphatic rings. The van der Waals surface area contributed by atoms with Gasteiger partial charge in [-0.1, -0.05) is 0 Å². The maximum atomic E-state index is 12.0. The van der Waals surface area contributed by atoms with Crippen LogP contribution in [0.2, 0.25) is 0 Å². The van der Waals surface area contributed by atoms with E-state index in [9.17, 15) is 14.9 Å². The molecule has 0 atom stereocenters. The van der Waals surface area contributed by atoms with Crippen LogP contribution in [0.5, 0.6) is 17.2 Å². The van der Waals surface area contributed by atoms with E-state index in [1.165, 1.54) is 27.7 Å².